The topological polar surface area (TPSA) is 32.3 Å². The van der Waals surface area contributed by atoms with Crippen LogP contribution in [-0.4, -0.2) is 17.7 Å². The molecule has 0 saturated carbocycles. The molecule has 0 fully saturated rings. The van der Waals surface area contributed by atoms with Crippen molar-refractivity contribution in [1.82, 2.24) is 5.32 Å². The highest BCUT2D eigenvalue weighted by atomic mass is 16.3. The van der Waals surface area contributed by atoms with Crippen molar-refractivity contribution < 1.29 is 5.11 Å². The quantitative estimate of drug-likeness (QED) is 0.838. The summed E-state index contributed by atoms with van der Waals surface area (Å²) in [5.41, 5.74) is 3.99. The first kappa shape index (κ1) is 13.6. The Labute approximate surface area is 110 Å². The maximum absolute atomic E-state index is 10.2. The van der Waals surface area contributed by atoms with E-state index in [4.69, 9.17) is 0 Å². The molecule has 2 rings (SSSR count). The number of aliphatic hydroxyl groups is 1. The standard InChI is InChI=1S/C16H25NO/c1-3-12(2)17-11-16(18)15-9-8-13-6-4-5-7-14(13)10-15/h8-10,12,16-18H,3-7,11H2,1-2H3/t12?,16-/m1/s1. The maximum atomic E-state index is 10.2. The van der Waals surface area contributed by atoms with E-state index in [2.05, 4.69) is 37.4 Å². The average molecular weight is 247 g/mol. The summed E-state index contributed by atoms with van der Waals surface area (Å²) in [4.78, 5) is 0. The van der Waals surface area contributed by atoms with Gasteiger partial charge >= 0.3 is 0 Å². The van der Waals surface area contributed by atoms with Gasteiger partial charge in [0.25, 0.3) is 0 Å². The first-order chi connectivity index (χ1) is 8.70. The van der Waals surface area contributed by atoms with E-state index in [0.717, 1.165) is 12.0 Å². The Morgan fingerprint density at radius 1 is 1.22 bits per heavy atom. The van der Waals surface area contributed by atoms with Crippen LogP contribution in [0.25, 0.3) is 0 Å². The number of benzene rings is 1. The van der Waals surface area contributed by atoms with Gasteiger partial charge < -0.3 is 10.4 Å². The second kappa shape index (κ2) is 6.35. The van der Waals surface area contributed by atoms with Crippen LogP contribution in [0.3, 0.4) is 0 Å². The molecular formula is C16H25NO. The summed E-state index contributed by atoms with van der Waals surface area (Å²) in [6.07, 6.45) is 5.69. The van der Waals surface area contributed by atoms with E-state index in [9.17, 15) is 5.11 Å². The smallest absolute Gasteiger partial charge is 0.0914 e. The van der Waals surface area contributed by atoms with E-state index in [1.54, 1.807) is 0 Å². The number of hydrogen-bond acceptors (Lipinski definition) is 2. The Morgan fingerprint density at radius 3 is 2.67 bits per heavy atom. The third-order valence-electron chi connectivity index (χ3n) is 4.03. The number of fused-ring (bicyclic) bond motifs is 1. The minimum absolute atomic E-state index is 0.383. The van der Waals surface area contributed by atoms with Gasteiger partial charge in [-0.3, -0.25) is 0 Å². The van der Waals surface area contributed by atoms with Crippen molar-refractivity contribution >= 4 is 0 Å². The molecule has 1 aromatic rings. The highest BCUT2D eigenvalue weighted by molar-refractivity contribution is 5.34. The zero-order valence-electron chi connectivity index (χ0n) is 11.6. The van der Waals surface area contributed by atoms with Crippen molar-refractivity contribution in [3.63, 3.8) is 0 Å². The number of aliphatic hydroxyl groups excluding tert-OH is 1. The van der Waals surface area contributed by atoms with Crippen LogP contribution < -0.4 is 5.32 Å². The van der Waals surface area contributed by atoms with Crippen LogP contribution in [0.1, 0.15) is 55.9 Å². The van der Waals surface area contributed by atoms with Crippen LogP contribution in [0, 0.1) is 0 Å². The molecule has 0 spiro atoms. The van der Waals surface area contributed by atoms with Gasteiger partial charge in [0, 0.05) is 12.6 Å². The molecule has 1 unspecified atom stereocenters. The molecule has 0 bridgehead atoms. The average Bonchev–Trinajstić information content (AvgIpc) is 2.43. The van der Waals surface area contributed by atoms with Gasteiger partial charge in [-0.2, -0.15) is 0 Å². The first-order valence-corrected chi connectivity index (χ1v) is 7.24. The third kappa shape index (κ3) is 3.33. The molecular weight excluding hydrogens is 222 g/mol. The van der Waals surface area contributed by atoms with E-state index >= 15 is 0 Å². The summed E-state index contributed by atoms with van der Waals surface area (Å²) < 4.78 is 0. The summed E-state index contributed by atoms with van der Waals surface area (Å²) in [5, 5.41) is 13.6. The summed E-state index contributed by atoms with van der Waals surface area (Å²) in [5.74, 6) is 0. The van der Waals surface area contributed by atoms with Crippen LogP contribution >= 0.6 is 0 Å². The van der Waals surface area contributed by atoms with Crippen LogP contribution in [0.2, 0.25) is 0 Å². The van der Waals surface area contributed by atoms with Gasteiger partial charge in [0.15, 0.2) is 0 Å². The van der Waals surface area contributed by atoms with Crippen molar-refractivity contribution in [2.75, 3.05) is 6.54 Å². The Hall–Kier alpha value is -0.860. The molecule has 100 valence electrons. The fraction of sp³-hybridized carbons (Fsp3) is 0.625. The second-order valence-corrected chi connectivity index (χ2v) is 5.47. The summed E-state index contributed by atoms with van der Waals surface area (Å²) >= 11 is 0. The molecule has 0 amide bonds. The molecule has 1 aliphatic carbocycles. The first-order valence-electron chi connectivity index (χ1n) is 7.24. The van der Waals surface area contributed by atoms with Gasteiger partial charge in [-0.05, 0) is 55.7 Å². The lowest BCUT2D eigenvalue weighted by Crippen LogP contribution is -2.29. The molecule has 18 heavy (non-hydrogen) atoms. The molecule has 1 aliphatic rings. The Kier molecular flexibility index (Phi) is 4.79. The van der Waals surface area contributed by atoms with Gasteiger partial charge in [-0.25, -0.2) is 0 Å². The lowest BCUT2D eigenvalue weighted by molar-refractivity contribution is 0.170. The molecule has 0 aliphatic heterocycles. The number of aryl methyl sites for hydroxylation is 2. The summed E-state index contributed by atoms with van der Waals surface area (Å²) in [6, 6.07) is 6.97. The molecule has 0 saturated heterocycles. The highest BCUT2D eigenvalue weighted by Gasteiger charge is 2.13. The summed E-state index contributed by atoms with van der Waals surface area (Å²) in [6.45, 7) is 4.95. The Morgan fingerprint density at radius 2 is 1.94 bits per heavy atom. The molecule has 2 atom stereocenters. The minimum Gasteiger partial charge on any atom is -0.387 e. The molecule has 0 heterocycles. The summed E-state index contributed by atoms with van der Waals surface area (Å²) in [7, 11) is 0. The van der Waals surface area contributed by atoms with E-state index in [-0.39, 0.29) is 6.10 Å². The fourth-order valence-corrected chi connectivity index (χ4v) is 2.54. The van der Waals surface area contributed by atoms with Crippen molar-refractivity contribution in [2.24, 2.45) is 0 Å². The van der Waals surface area contributed by atoms with E-state index in [1.165, 1.54) is 36.8 Å². The third-order valence-corrected chi connectivity index (χ3v) is 4.03. The van der Waals surface area contributed by atoms with Crippen LogP contribution in [0.5, 0.6) is 0 Å². The fourth-order valence-electron chi connectivity index (χ4n) is 2.54. The maximum Gasteiger partial charge on any atom is 0.0914 e. The van der Waals surface area contributed by atoms with Crippen LogP contribution in [0.15, 0.2) is 18.2 Å². The molecule has 2 heteroatoms. The molecule has 2 N–H and O–H groups in total. The zero-order valence-corrected chi connectivity index (χ0v) is 11.6. The van der Waals surface area contributed by atoms with Gasteiger partial charge in [-0.15, -0.1) is 0 Å². The highest BCUT2D eigenvalue weighted by Crippen LogP contribution is 2.24. The van der Waals surface area contributed by atoms with E-state index in [0.29, 0.717) is 12.6 Å². The van der Waals surface area contributed by atoms with Crippen molar-refractivity contribution in [2.45, 2.75) is 58.1 Å². The minimum atomic E-state index is -0.383. The monoisotopic (exact) mass is 247 g/mol. The molecule has 0 aromatic heterocycles. The number of rotatable bonds is 5. The second-order valence-electron chi connectivity index (χ2n) is 5.47. The number of hydrogen-bond donors (Lipinski definition) is 2. The lowest BCUT2D eigenvalue weighted by atomic mass is 9.89. The van der Waals surface area contributed by atoms with Crippen molar-refractivity contribution in [3.8, 4) is 0 Å². The van der Waals surface area contributed by atoms with Crippen LogP contribution in [-0.2, 0) is 12.8 Å². The molecule has 1 aromatic carbocycles. The van der Waals surface area contributed by atoms with Crippen molar-refractivity contribution in [3.05, 3.63) is 34.9 Å². The molecule has 2 nitrogen and oxygen atoms in total. The lowest BCUT2D eigenvalue weighted by Gasteiger charge is -2.20. The van der Waals surface area contributed by atoms with Crippen LogP contribution in [0.4, 0.5) is 0 Å². The van der Waals surface area contributed by atoms with E-state index in [1.807, 2.05) is 0 Å². The largest absolute Gasteiger partial charge is 0.387 e. The van der Waals surface area contributed by atoms with Gasteiger partial charge in [0.2, 0.25) is 0 Å². The van der Waals surface area contributed by atoms with E-state index < -0.39 is 0 Å². The van der Waals surface area contributed by atoms with Gasteiger partial charge in [-0.1, -0.05) is 25.1 Å². The Balaban J connectivity index is 1.99. The normalized spacial score (nSPS) is 18.2. The van der Waals surface area contributed by atoms with Gasteiger partial charge in [0.1, 0.15) is 0 Å². The molecule has 0 radical (unpaired) electrons. The van der Waals surface area contributed by atoms with Gasteiger partial charge in [0.05, 0.1) is 6.10 Å². The Bertz CT molecular complexity index is 389. The zero-order chi connectivity index (χ0) is 13.0. The SMILES string of the molecule is CCC(C)NC[C@@H](O)c1ccc2c(c1)CCCC2. The predicted molar refractivity (Wildman–Crippen MR) is 75.8 cm³/mol. The number of nitrogens with one attached hydrogen (secondary N) is 1. The van der Waals surface area contributed by atoms with Crippen molar-refractivity contribution in [1.29, 1.82) is 0 Å². The predicted octanol–water partition coefficient (Wildman–Crippen LogP) is 2.99.